The first kappa shape index (κ1) is 16.0. The summed E-state index contributed by atoms with van der Waals surface area (Å²) < 4.78 is 5.33. The van der Waals surface area contributed by atoms with Crippen molar-refractivity contribution in [2.24, 2.45) is 5.73 Å². The van der Waals surface area contributed by atoms with E-state index in [1.165, 1.54) is 0 Å². The first-order valence-corrected chi connectivity index (χ1v) is 6.51. The monoisotopic (exact) mass is 306 g/mol. The number of benzene rings is 1. The van der Waals surface area contributed by atoms with Crippen molar-refractivity contribution in [3.05, 3.63) is 28.2 Å². The normalized spacial score (nSPS) is 12.0. The van der Waals surface area contributed by atoms with Crippen molar-refractivity contribution in [3.63, 3.8) is 0 Å². The molecule has 0 fully saturated rings. The van der Waals surface area contributed by atoms with Crippen LogP contribution in [0.15, 0.2) is 18.2 Å². The van der Waals surface area contributed by atoms with Gasteiger partial charge < -0.3 is 20.9 Å². The molecular weight excluding hydrogens is 291 g/mol. The molecule has 1 rings (SSSR count). The average molecular weight is 307 g/mol. The van der Waals surface area contributed by atoms with Crippen LogP contribution in [-0.2, 0) is 4.79 Å². The lowest BCUT2D eigenvalue weighted by atomic mass is 10.3. The van der Waals surface area contributed by atoms with E-state index < -0.39 is 6.10 Å². The Morgan fingerprint density at radius 3 is 2.89 bits per heavy atom. The van der Waals surface area contributed by atoms with Gasteiger partial charge in [-0.3, -0.25) is 4.79 Å². The van der Waals surface area contributed by atoms with Crippen LogP contribution in [0.1, 0.15) is 6.42 Å². The van der Waals surface area contributed by atoms with Gasteiger partial charge in [-0.25, -0.2) is 0 Å². The Bertz CT molecular complexity index is 429. The van der Waals surface area contributed by atoms with E-state index in [4.69, 9.17) is 33.7 Å². The lowest BCUT2D eigenvalue weighted by molar-refractivity contribution is -0.121. The molecule has 0 radical (unpaired) electrons. The molecule has 1 aromatic carbocycles. The van der Waals surface area contributed by atoms with E-state index in [0.717, 1.165) is 0 Å². The van der Waals surface area contributed by atoms with Crippen molar-refractivity contribution in [2.75, 3.05) is 19.7 Å². The van der Waals surface area contributed by atoms with Gasteiger partial charge in [0.05, 0.1) is 5.02 Å². The van der Waals surface area contributed by atoms with Crippen molar-refractivity contribution < 1.29 is 14.6 Å². The second-order valence-corrected chi connectivity index (χ2v) is 4.64. The molecule has 0 aromatic heterocycles. The fourth-order valence-electron chi connectivity index (χ4n) is 1.29. The van der Waals surface area contributed by atoms with E-state index >= 15 is 0 Å². The highest BCUT2D eigenvalue weighted by Crippen LogP contribution is 2.31. The summed E-state index contributed by atoms with van der Waals surface area (Å²) in [5, 5.41) is 12.9. The van der Waals surface area contributed by atoms with Gasteiger partial charge in [-0.05, 0) is 12.1 Å². The Kier molecular flexibility index (Phi) is 6.94. The van der Waals surface area contributed by atoms with E-state index in [1.807, 2.05) is 0 Å². The molecule has 0 heterocycles. The Balaban J connectivity index is 2.36. The van der Waals surface area contributed by atoms with Crippen LogP contribution >= 0.6 is 23.2 Å². The number of amides is 1. The number of halogens is 2. The van der Waals surface area contributed by atoms with E-state index in [-0.39, 0.29) is 32.0 Å². The molecular formula is C12H16Cl2N2O3. The van der Waals surface area contributed by atoms with Crippen LogP contribution in [0.4, 0.5) is 0 Å². The molecule has 0 aliphatic carbocycles. The maximum absolute atomic E-state index is 11.1. The lowest BCUT2D eigenvalue weighted by Crippen LogP contribution is -2.36. The third kappa shape index (κ3) is 5.65. The third-order valence-electron chi connectivity index (χ3n) is 2.25. The van der Waals surface area contributed by atoms with Gasteiger partial charge in [0.1, 0.15) is 23.5 Å². The van der Waals surface area contributed by atoms with Crippen molar-refractivity contribution in [1.29, 1.82) is 0 Å². The number of ether oxygens (including phenoxy) is 1. The topological polar surface area (TPSA) is 84.6 Å². The summed E-state index contributed by atoms with van der Waals surface area (Å²) in [6.07, 6.45) is -0.606. The minimum absolute atomic E-state index is 0.00294. The molecule has 0 bridgehead atoms. The third-order valence-corrected chi connectivity index (χ3v) is 3.06. The number of hydrogen-bond acceptors (Lipinski definition) is 4. The zero-order valence-electron chi connectivity index (χ0n) is 10.2. The number of nitrogens with two attached hydrogens (primary N) is 1. The number of carbonyl (C=O) groups is 1. The van der Waals surface area contributed by atoms with Gasteiger partial charge in [-0.1, -0.05) is 29.3 Å². The number of hydrogen-bond donors (Lipinski definition) is 3. The van der Waals surface area contributed by atoms with Crippen LogP contribution in [0.25, 0.3) is 0 Å². The number of aliphatic hydroxyl groups is 1. The molecule has 1 amide bonds. The minimum atomic E-state index is -0.836. The standard InChI is InChI=1S/C12H16Cl2N2O3/c13-9-2-1-3-10(12(9)14)19-7-8(17)6-16-11(18)4-5-15/h1-3,8,17H,4-7,15H2,(H,16,18). The zero-order chi connectivity index (χ0) is 14.3. The second-order valence-electron chi connectivity index (χ2n) is 3.86. The molecule has 1 unspecified atom stereocenters. The van der Waals surface area contributed by atoms with E-state index in [9.17, 15) is 9.90 Å². The van der Waals surface area contributed by atoms with Crippen molar-refractivity contribution in [2.45, 2.75) is 12.5 Å². The summed E-state index contributed by atoms with van der Waals surface area (Å²) in [5.74, 6) is 0.184. The van der Waals surface area contributed by atoms with Crippen molar-refractivity contribution >= 4 is 29.1 Å². The molecule has 0 aliphatic heterocycles. The van der Waals surface area contributed by atoms with Gasteiger partial charge in [0.25, 0.3) is 0 Å². The number of carbonyl (C=O) groups excluding carboxylic acids is 1. The first-order valence-electron chi connectivity index (χ1n) is 5.76. The van der Waals surface area contributed by atoms with Crippen LogP contribution in [0.5, 0.6) is 5.75 Å². The molecule has 106 valence electrons. The van der Waals surface area contributed by atoms with Gasteiger partial charge in [0, 0.05) is 19.5 Å². The van der Waals surface area contributed by atoms with Crippen LogP contribution in [0, 0.1) is 0 Å². The summed E-state index contributed by atoms with van der Waals surface area (Å²) in [7, 11) is 0. The minimum Gasteiger partial charge on any atom is -0.489 e. The first-order chi connectivity index (χ1) is 9.04. The van der Waals surface area contributed by atoms with E-state index in [0.29, 0.717) is 15.8 Å². The van der Waals surface area contributed by atoms with Gasteiger partial charge in [0.2, 0.25) is 5.91 Å². The summed E-state index contributed by atoms with van der Waals surface area (Å²) in [5.41, 5.74) is 5.23. The molecule has 0 saturated heterocycles. The van der Waals surface area contributed by atoms with Gasteiger partial charge >= 0.3 is 0 Å². The molecule has 1 aromatic rings. The van der Waals surface area contributed by atoms with Gasteiger partial charge in [-0.2, -0.15) is 0 Å². The van der Waals surface area contributed by atoms with Crippen LogP contribution in [0.2, 0.25) is 10.0 Å². The molecule has 4 N–H and O–H groups in total. The van der Waals surface area contributed by atoms with Crippen molar-refractivity contribution in [1.82, 2.24) is 5.32 Å². The number of nitrogens with one attached hydrogen (secondary N) is 1. The fraction of sp³-hybridized carbons (Fsp3) is 0.417. The average Bonchev–Trinajstić information content (AvgIpc) is 2.38. The Morgan fingerprint density at radius 2 is 2.21 bits per heavy atom. The Hall–Kier alpha value is -1.01. The summed E-state index contributed by atoms with van der Waals surface area (Å²) in [6, 6.07) is 4.98. The van der Waals surface area contributed by atoms with Crippen LogP contribution in [-0.4, -0.2) is 36.8 Å². The maximum Gasteiger partial charge on any atom is 0.221 e. The summed E-state index contributed by atoms with van der Waals surface area (Å²) in [6.45, 7) is 0.372. The largest absolute Gasteiger partial charge is 0.489 e. The van der Waals surface area contributed by atoms with Gasteiger partial charge in [0.15, 0.2) is 0 Å². The Morgan fingerprint density at radius 1 is 1.47 bits per heavy atom. The summed E-state index contributed by atoms with van der Waals surface area (Å²) in [4.78, 5) is 11.1. The Labute approximate surface area is 121 Å². The van der Waals surface area contributed by atoms with Gasteiger partial charge in [-0.15, -0.1) is 0 Å². The number of rotatable bonds is 7. The van der Waals surface area contributed by atoms with Crippen LogP contribution < -0.4 is 15.8 Å². The van der Waals surface area contributed by atoms with Crippen molar-refractivity contribution in [3.8, 4) is 5.75 Å². The van der Waals surface area contributed by atoms with E-state index in [2.05, 4.69) is 5.32 Å². The predicted octanol–water partition coefficient (Wildman–Crippen LogP) is 1.20. The molecule has 0 spiro atoms. The molecule has 19 heavy (non-hydrogen) atoms. The highest BCUT2D eigenvalue weighted by molar-refractivity contribution is 6.42. The SMILES string of the molecule is NCCC(=O)NCC(O)COc1cccc(Cl)c1Cl. The smallest absolute Gasteiger partial charge is 0.221 e. The molecule has 0 saturated carbocycles. The maximum atomic E-state index is 11.1. The molecule has 0 aliphatic rings. The second kappa shape index (κ2) is 8.22. The fourth-order valence-corrected chi connectivity index (χ4v) is 1.64. The zero-order valence-corrected chi connectivity index (χ0v) is 11.7. The highest BCUT2D eigenvalue weighted by Gasteiger charge is 2.10. The molecule has 1 atom stereocenters. The lowest BCUT2D eigenvalue weighted by Gasteiger charge is -2.14. The van der Waals surface area contributed by atoms with E-state index in [1.54, 1.807) is 18.2 Å². The highest BCUT2D eigenvalue weighted by atomic mass is 35.5. The predicted molar refractivity (Wildman–Crippen MR) is 74.6 cm³/mol. The van der Waals surface area contributed by atoms with Crippen LogP contribution in [0.3, 0.4) is 0 Å². The molecule has 5 nitrogen and oxygen atoms in total. The molecule has 7 heteroatoms. The summed E-state index contributed by atoms with van der Waals surface area (Å²) >= 11 is 11.7. The quantitative estimate of drug-likeness (QED) is 0.706. The number of aliphatic hydroxyl groups excluding tert-OH is 1.